The minimum atomic E-state index is -4.91. The summed E-state index contributed by atoms with van der Waals surface area (Å²) in [5.41, 5.74) is -0.00410. The molecule has 0 fully saturated rings. The summed E-state index contributed by atoms with van der Waals surface area (Å²) in [5, 5.41) is 0.521. The normalized spacial score (nSPS) is 12.4. The van der Waals surface area contributed by atoms with Gasteiger partial charge in [-0.1, -0.05) is 35.9 Å². The number of rotatable bonds is 3. The van der Waals surface area contributed by atoms with Crippen molar-refractivity contribution in [2.75, 3.05) is 0 Å². The maximum absolute atomic E-state index is 13.3. The quantitative estimate of drug-likeness (QED) is 0.443. The maximum atomic E-state index is 13.3. The molecule has 0 aliphatic carbocycles. The Kier molecular flexibility index (Phi) is 4.58. The van der Waals surface area contributed by atoms with Crippen molar-refractivity contribution >= 4 is 31.7 Å². The van der Waals surface area contributed by atoms with Gasteiger partial charge in [0.05, 0.1) is 10.4 Å². The lowest BCUT2D eigenvalue weighted by Gasteiger charge is -2.15. The van der Waals surface area contributed by atoms with Crippen molar-refractivity contribution in [3.63, 3.8) is 0 Å². The van der Waals surface area contributed by atoms with E-state index in [0.29, 0.717) is 9.36 Å². The zero-order chi connectivity index (χ0) is 21.7. The summed E-state index contributed by atoms with van der Waals surface area (Å²) in [4.78, 5) is 13.0. The van der Waals surface area contributed by atoms with Gasteiger partial charge in [0, 0.05) is 10.8 Å². The smallest absolute Gasteiger partial charge is 0.406 e. The molecule has 0 saturated carbocycles. The Hall–Kier alpha value is -3.33. The highest BCUT2D eigenvalue weighted by Gasteiger charge is 2.31. The van der Waals surface area contributed by atoms with E-state index < -0.39 is 27.7 Å². The van der Waals surface area contributed by atoms with Gasteiger partial charge in [-0.3, -0.25) is 4.79 Å². The van der Waals surface area contributed by atoms with Crippen LogP contribution in [0.5, 0.6) is 5.75 Å². The first kappa shape index (κ1) is 20.0. The summed E-state index contributed by atoms with van der Waals surface area (Å²) in [6.45, 7) is 1.79. The first-order valence-electron chi connectivity index (χ1n) is 8.73. The Morgan fingerprint density at radius 1 is 0.867 bits per heavy atom. The monoisotopic (exact) mass is 433 g/mol. The molecule has 5 nitrogen and oxygen atoms in total. The summed E-state index contributed by atoms with van der Waals surface area (Å²) < 4.78 is 69.2. The Labute approximate surface area is 169 Å². The molecular formula is C21H14F3NO4S. The second-order valence-electron chi connectivity index (χ2n) is 6.66. The summed E-state index contributed by atoms with van der Waals surface area (Å²) in [5.74, 6) is -0.516. The van der Waals surface area contributed by atoms with Crippen molar-refractivity contribution in [1.29, 1.82) is 0 Å². The second-order valence-corrected chi connectivity index (χ2v) is 8.45. The van der Waals surface area contributed by atoms with E-state index in [2.05, 4.69) is 4.74 Å². The van der Waals surface area contributed by atoms with Gasteiger partial charge in [0.1, 0.15) is 5.75 Å². The molecule has 9 heteroatoms. The van der Waals surface area contributed by atoms with Crippen LogP contribution in [0.25, 0.3) is 21.7 Å². The molecule has 0 aliphatic rings. The van der Waals surface area contributed by atoms with Crippen molar-refractivity contribution in [3.05, 3.63) is 82.6 Å². The Morgan fingerprint density at radius 2 is 1.50 bits per heavy atom. The van der Waals surface area contributed by atoms with Crippen LogP contribution in [0, 0.1) is 6.92 Å². The van der Waals surface area contributed by atoms with Crippen molar-refractivity contribution in [1.82, 2.24) is 3.97 Å². The summed E-state index contributed by atoms with van der Waals surface area (Å²) in [7, 11) is -4.31. The topological polar surface area (TPSA) is 65.4 Å². The van der Waals surface area contributed by atoms with Crippen LogP contribution in [-0.4, -0.2) is 18.8 Å². The van der Waals surface area contributed by atoms with Crippen LogP contribution in [0.3, 0.4) is 0 Å². The van der Waals surface area contributed by atoms with Gasteiger partial charge in [-0.25, -0.2) is 8.42 Å². The summed E-state index contributed by atoms with van der Waals surface area (Å²) >= 11 is 0. The first-order chi connectivity index (χ1) is 14.1. The molecule has 0 N–H and O–H groups in total. The molecule has 0 atom stereocenters. The molecule has 0 aliphatic heterocycles. The van der Waals surface area contributed by atoms with Crippen LogP contribution in [0.4, 0.5) is 13.2 Å². The Bertz CT molecular complexity index is 1440. The predicted octanol–water partition coefficient (Wildman–Crippen LogP) is 4.60. The van der Waals surface area contributed by atoms with Gasteiger partial charge in [0.25, 0.3) is 15.6 Å². The zero-order valence-electron chi connectivity index (χ0n) is 15.5. The van der Waals surface area contributed by atoms with Crippen LogP contribution in [0.2, 0.25) is 0 Å². The lowest BCUT2D eigenvalue weighted by Crippen LogP contribution is -2.28. The molecule has 3 aromatic carbocycles. The third-order valence-electron chi connectivity index (χ3n) is 4.61. The van der Waals surface area contributed by atoms with Gasteiger partial charge in [0.2, 0.25) is 0 Å². The minimum Gasteiger partial charge on any atom is -0.406 e. The summed E-state index contributed by atoms with van der Waals surface area (Å²) in [6.07, 6.45) is -4.91. The van der Waals surface area contributed by atoms with Crippen LogP contribution >= 0.6 is 0 Å². The van der Waals surface area contributed by atoms with E-state index in [4.69, 9.17) is 0 Å². The lowest BCUT2D eigenvalue weighted by atomic mass is 10.1. The molecule has 4 rings (SSSR count). The molecule has 30 heavy (non-hydrogen) atoms. The third-order valence-corrected chi connectivity index (χ3v) is 6.32. The number of aryl methyl sites for hydroxylation is 1. The van der Waals surface area contributed by atoms with Crippen LogP contribution in [0.15, 0.2) is 76.4 Å². The average molecular weight is 433 g/mol. The van der Waals surface area contributed by atoms with Crippen molar-refractivity contribution < 1.29 is 26.3 Å². The molecule has 1 heterocycles. The molecule has 4 aromatic rings. The zero-order valence-corrected chi connectivity index (χ0v) is 16.3. The number of benzene rings is 3. The van der Waals surface area contributed by atoms with Gasteiger partial charge in [0.15, 0.2) is 0 Å². The van der Waals surface area contributed by atoms with E-state index in [1.165, 1.54) is 18.2 Å². The van der Waals surface area contributed by atoms with Gasteiger partial charge in [-0.15, -0.1) is 13.2 Å². The molecule has 0 spiro atoms. The highest BCUT2D eigenvalue weighted by Crippen LogP contribution is 2.31. The van der Waals surface area contributed by atoms with Gasteiger partial charge in [-0.2, -0.15) is 3.97 Å². The van der Waals surface area contributed by atoms with E-state index >= 15 is 0 Å². The largest absolute Gasteiger partial charge is 0.573 e. The molecule has 0 radical (unpaired) electrons. The minimum absolute atomic E-state index is 0.0474. The fourth-order valence-corrected chi connectivity index (χ4v) is 4.71. The van der Waals surface area contributed by atoms with Crippen molar-refractivity contribution in [3.8, 4) is 5.75 Å². The van der Waals surface area contributed by atoms with Crippen LogP contribution in [0.1, 0.15) is 5.56 Å². The molecular weight excluding hydrogens is 419 g/mol. The third kappa shape index (κ3) is 3.41. The van der Waals surface area contributed by atoms with Crippen molar-refractivity contribution in [2.24, 2.45) is 0 Å². The molecule has 1 aromatic heterocycles. The molecule has 154 valence electrons. The van der Waals surface area contributed by atoms with Gasteiger partial charge in [-0.05, 0) is 48.7 Å². The molecule has 0 bridgehead atoms. The number of alkyl halides is 3. The maximum Gasteiger partial charge on any atom is 0.573 e. The average Bonchev–Trinajstić information content (AvgIpc) is 2.68. The van der Waals surface area contributed by atoms with E-state index in [1.807, 2.05) is 0 Å². The second kappa shape index (κ2) is 6.88. The first-order valence-corrected chi connectivity index (χ1v) is 10.2. The van der Waals surface area contributed by atoms with Crippen LogP contribution in [-0.2, 0) is 10.0 Å². The molecule has 0 amide bonds. The number of halogens is 3. The fraction of sp³-hybridized carbons (Fsp3) is 0.0952. The Morgan fingerprint density at radius 3 is 2.13 bits per heavy atom. The highest BCUT2D eigenvalue weighted by atomic mass is 32.2. The Balaban J connectivity index is 2.10. The van der Waals surface area contributed by atoms with E-state index in [-0.39, 0.29) is 21.2 Å². The standard InChI is InChI=1S/C21H14F3NO4S/c1-13-6-9-15(10-7-13)30(27,28)25-19-11-8-14(29-21(22,23)24)12-18(19)16-4-2-3-5-17(16)20(25)26/h2-12H,1H3. The van der Waals surface area contributed by atoms with E-state index in [0.717, 1.165) is 23.8 Å². The number of hydrogen-bond donors (Lipinski definition) is 0. The molecule has 0 unspecified atom stereocenters. The number of hydrogen-bond acceptors (Lipinski definition) is 4. The van der Waals surface area contributed by atoms with Crippen LogP contribution < -0.4 is 10.3 Å². The molecule has 0 saturated heterocycles. The number of aromatic nitrogens is 1. The number of fused-ring (bicyclic) bond motifs is 3. The number of nitrogens with zero attached hydrogens (tertiary/aromatic N) is 1. The summed E-state index contributed by atoms with van der Waals surface area (Å²) in [6, 6.07) is 15.2. The lowest BCUT2D eigenvalue weighted by molar-refractivity contribution is -0.274. The fourth-order valence-electron chi connectivity index (χ4n) is 3.28. The van der Waals surface area contributed by atoms with Gasteiger partial charge >= 0.3 is 6.36 Å². The number of ether oxygens (including phenoxy) is 1. The van der Waals surface area contributed by atoms with E-state index in [1.54, 1.807) is 37.3 Å². The van der Waals surface area contributed by atoms with Gasteiger partial charge < -0.3 is 4.74 Å². The predicted molar refractivity (Wildman–Crippen MR) is 106 cm³/mol. The highest BCUT2D eigenvalue weighted by molar-refractivity contribution is 7.90. The van der Waals surface area contributed by atoms with E-state index in [9.17, 15) is 26.4 Å². The van der Waals surface area contributed by atoms with Crippen molar-refractivity contribution in [2.45, 2.75) is 18.2 Å². The SMILES string of the molecule is Cc1ccc(S(=O)(=O)n2c(=O)c3ccccc3c3cc(OC(F)(F)F)ccc32)cc1. The number of pyridine rings is 1.